The maximum absolute atomic E-state index is 11.7. The number of carbonyl (C=O) groups excluding carboxylic acids is 2. The van der Waals surface area contributed by atoms with E-state index in [1.165, 1.54) is 0 Å². The quantitative estimate of drug-likeness (QED) is 0.491. The summed E-state index contributed by atoms with van der Waals surface area (Å²) in [5.74, 6) is -1.45. The molecular weight excluding hydrogens is 224 g/mol. The average Bonchev–Trinajstić information content (AvgIpc) is 2.21. The van der Waals surface area contributed by atoms with Crippen molar-refractivity contribution in [3.8, 4) is 0 Å². The van der Waals surface area contributed by atoms with Crippen LogP contribution in [-0.2, 0) is 9.59 Å². The molecule has 1 aliphatic rings. The Bertz CT molecular complexity index is 319. The summed E-state index contributed by atoms with van der Waals surface area (Å²) in [6, 6.07) is -0.904. The Hall–Kier alpha value is -1.14. The molecule has 0 radical (unpaired) electrons. The predicted octanol–water partition coefficient (Wildman–Crippen LogP) is -2.60. The van der Waals surface area contributed by atoms with E-state index < -0.39 is 30.1 Å². The molecule has 0 aliphatic heterocycles. The first kappa shape index (κ1) is 13.9. The summed E-state index contributed by atoms with van der Waals surface area (Å²) in [5, 5.41) is 23.1. The zero-order chi connectivity index (χ0) is 13.2. The molecule has 1 rings (SSSR count). The monoisotopic (exact) mass is 244 g/mol. The lowest BCUT2D eigenvalue weighted by atomic mass is 9.72. The van der Waals surface area contributed by atoms with Crippen molar-refractivity contribution in [2.75, 3.05) is 0 Å². The predicted molar refractivity (Wildman–Crippen MR) is 57.3 cm³/mol. The zero-order valence-corrected chi connectivity index (χ0v) is 10.2. The summed E-state index contributed by atoms with van der Waals surface area (Å²) in [6.07, 6.45) is 0.511. The van der Waals surface area contributed by atoms with Crippen LogP contribution in [0.25, 0.3) is 0 Å². The summed E-state index contributed by atoms with van der Waals surface area (Å²) in [4.78, 5) is 22.2. The summed E-state index contributed by atoms with van der Waals surface area (Å²) < 4.78 is 0. The van der Waals surface area contributed by atoms with Gasteiger partial charge in [0.15, 0.2) is 6.04 Å². The van der Waals surface area contributed by atoms with Gasteiger partial charge in [-0.05, 0) is 12.8 Å². The molecule has 98 valence electrons. The molecule has 0 unspecified atom stereocenters. The van der Waals surface area contributed by atoms with Crippen molar-refractivity contribution in [1.82, 2.24) is 5.32 Å². The molecule has 0 aromatic heterocycles. The van der Waals surface area contributed by atoms with Crippen molar-refractivity contribution < 1.29 is 25.5 Å². The fourth-order valence-corrected chi connectivity index (χ4v) is 1.87. The number of carboxylic acid groups (broad SMARTS) is 1. The Morgan fingerprint density at radius 1 is 1.59 bits per heavy atom. The fourth-order valence-electron chi connectivity index (χ4n) is 1.87. The van der Waals surface area contributed by atoms with Gasteiger partial charge in [-0.25, -0.2) is 0 Å². The number of carboxylic acids is 1. The van der Waals surface area contributed by atoms with Crippen LogP contribution in [0, 0.1) is 5.92 Å². The van der Waals surface area contributed by atoms with Gasteiger partial charge < -0.3 is 26.1 Å². The van der Waals surface area contributed by atoms with Gasteiger partial charge in [0.2, 0.25) is 0 Å². The van der Waals surface area contributed by atoms with Crippen LogP contribution in [0.5, 0.6) is 0 Å². The van der Waals surface area contributed by atoms with Crippen LogP contribution >= 0.6 is 0 Å². The van der Waals surface area contributed by atoms with Crippen LogP contribution in [-0.4, -0.2) is 34.7 Å². The molecule has 6 nitrogen and oxygen atoms in total. The molecule has 0 aromatic carbocycles. The van der Waals surface area contributed by atoms with Gasteiger partial charge in [0.25, 0.3) is 5.91 Å². The highest BCUT2D eigenvalue weighted by atomic mass is 16.4. The number of aliphatic carboxylic acids is 1. The standard InChI is InChI=1S/C11H20N2O4/c1-6(2)9(12)10(16)13-7-3-4-11(7,17)5-8(14)15/h6-7,9,17H,3-5,12H2,1-2H3,(H,13,16)(H,14,15)/t7-,9+,11-/m1/s1. The number of hydrogen-bond donors (Lipinski definition) is 3. The topological polar surface area (TPSA) is 117 Å². The molecule has 1 aliphatic carbocycles. The smallest absolute Gasteiger partial charge is 0.278 e. The van der Waals surface area contributed by atoms with E-state index in [-0.39, 0.29) is 11.8 Å². The Labute approximate surface area is 100 Å². The van der Waals surface area contributed by atoms with Gasteiger partial charge in [-0.2, -0.15) is 0 Å². The maximum atomic E-state index is 11.7. The highest BCUT2D eigenvalue weighted by Gasteiger charge is 2.46. The molecule has 0 bridgehead atoms. The van der Waals surface area contributed by atoms with Gasteiger partial charge in [-0.15, -0.1) is 0 Å². The minimum atomic E-state index is -1.36. The van der Waals surface area contributed by atoms with Crippen LogP contribution in [0.15, 0.2) is 0 Å². The van der Waals surface area contributed by atoms with E-state index in [0.717, 1.165) is 0 Å². The first-order valence-electron chi connectivity index (χ1n) is 5.82. The van der Waals surface area contributed by atoms with Gasteiger partial charge in [0.1, 0.15) is 0 Å². The molecular formula is C11H20N2O4. The Morgan fingerprint density at radius 3 is 2.53 bits per heavy atom. The van der Waals surface area contributed by atoms with Crippen molar-refractivity contribution in [3.63, 3.8) is 0 Å². The highest BCUT2D eigenvalue weighted by molar-refractivity contribution is 5.81. The number of hydrogen-bond acceptors (Lipinski definition) is 4. The molecule has 0 heterocycles. The van der Waals surface area contributed by atoms with Crippen molar-refractivity contribution in [1.29, 1.82) is 0 Å². The molecule has 17 heavy (non-hydrogen) atoms. The number of aliphatic hydroxyl groups is 1. The van der Waals surface area contributed by atoms with E-state index in [9.17, 15) is 19.8 Å². The summed E-state index contributed by atoms with van der Waals surface area (Å²) >= 11 is 0. The normalized spacial score (nSPS) is 29.6. The van der Waals surface area contributed by atoms with Gasteiger partial charge in [-0.1, -0.05) is 13.8 Å². The molecule has 1 amide bonds. The highest BCUT2D eigenvalue weighted by Crippen LogP contribution is 2.35. The van der Waals surface area contributed by atoms with Crippen molar-refractivity contribution in [3.05, 3.63) is 0 Å². The van der Waals surface area contributed by atoms with E-state index in [4.69, 9.17) is 0 Å². The van der Waals surface area contributed by atoms with Gasteiger partial charge in [0.05, 0.1) is 11.6 Å². The largest absolute Gasteiger partial charge is 0.550 e. The molecule has 1 saturated carbocycles. The van der Waals surface area contributed by atoms with Gasteiger partial charge >= 0.3 is 0 Å². The second-order valence-electron chi connectivity index (χ2n) is 5.10. The Balaban J connectivity index is 2.53. The number of nitrogens with one attached hydrogen (secondary N) is 1. The Kier molecular flexibility index (Phi) is 4.11. The molecule has 0 saturated heterocycles. The minimum absolute atomic E-state index is 0.101. The lowest BCUT2D eigenvalue weighted by molar-refractivity contribution is -0.414. The van der Waals surface area contributed by atoms with Crippen LogP contribution in [0.3, 0.4) is 0 Å². The molecule has 1 fully saturated rings. The average molecular weight is 244 g/mol. The molecule has 5 N–H and O–H groups in total. The fraction of sp³-hybridized carbons (Fsp3) is 0.818. The molecule has 0 aromatic rings. The molecule has 3 atom stereocenters. The van der Waals surface area contributed by atoms with Crippen LogP contribution < -0.4 is 16.2 Å². The van der Waals surface area contributed by atoms with Crippen molar-refractivity contribution >= 4 is 11.9 Å². The summed E-state index contributed by atoms with van der Waals surface area (Å²) in [5.41, 5.74) is 2.38. The summed E-state index contributed by atoms with van der Waals surface area (Å²) in [7, 11) is 0. The third-order valence-corrected chi connectivity index (χ3v) is 3.42. The van der Waals surface area contributed by atoms with E-state index in [0.29, 0.717) is 12.8 Å². The maximum Gasteiger partial charge on any atom is 0.278 e. The number of carbonyl (C=O) groups is 2. The van der Waals surface area contributed by atoms with E-state index in [1.54, 1.807) is 0 Å². The first-order valence-corrected chi connectivity index (χ1v) is 5.82. The second kappa shape index (κ2) is 5.01. The van der Waals surface area contributed by atoms with Crippen LogP contribution in [0.2, 0.25) is 0 Å². The van der Waals surface area contributed by atoms with E-state index in [1.807, 2.05) is 13.8 Å². The Morgan fingerprint density at radius 2 is 2.18 bits per heavy atom. The molecule has 0 spiro atoms. The zero-order valence-electron chi connectivity index (χ0n) is 10.2. The lowest BCUT2D eigenvalue weighted by Gasteiger charge is -2.46. The lowest BCUT2D eigenvalue weighted by Crippen LogP contribution is -2.73. The van der Waals surface area contributed by atoms with E-state index in [2.05, 4.69) is 11.1 Å². The van der Waals surface area contributed by atoms with Crippen LogP contribution in [0.4, 0.5) is 0 Å². The minimum Gasteiger partial charge on any atom is -0.550 e. The van der Waals surface area contributed by atoms with Crippen molar-refractivity contribution in [2.24, 2.45) is 5.92 Å². The second-order valence-corrected chi connectivity index (χ2v) is 5.10. The third kappa shape index (κ3) is 3.17. The first-order chi connectivity index (χ1) is 7.76. The van der Waals surface area contributed by atoms with Crippen molar-refractivity contribution in [2.45, 2.75) is 50.8 Å². The molecule has 6 heteroatoms. The van der Waals surface area contributed by atoms with Gasteiger partial charge in [-0.3, -0.25) is 4.79 Å². The summed E-state index contributed by atoms with van der Waals surface area (Å²) in [6.45, 7) is 3.76. The van der Waals surface area contributed by atoms with Gasteiger partial charge in [0, 0.05) is 18.3 Å². The van der Waals surface area contributed by atoms with E-state index >= 15 is 0 Å². The number of quaternary nitrogens is 1. The third-order valence-electron chi connectivity index (χ3n) is 3.42. The number of rotatable bonds is 5. The SMILES string of the molecule is CC(C)[C@H]([NH3+])C(=O)N[C@@H]1CC[C@@]1(O)CC(=O)[O-]. The van der Waals surface area contributed by atoms with Crippen LogP contribution in [0.1, 0.15) is 33.1 Å². The number of amides is 1.